The number of para-hydroxylation sites is 1. The van der Waals surface area contributed by atoms with E-state index in [-0.39, 0.29) is 22.9 Å². The van der Waals surface area contributed by atoms with Crippen LogP contribution in [0.15, 0.2) is 89.8 Å². The molecule has 8 heteroatoms. The van der Waals surface area contributed by atoms with Crippen molar-refractivity contribution in [3.8, 4) is 0 Å². The van der Waals surface area contributed by atoms with Crippen molar-refractivity contribution in [2.75, 3.05) is 24.0 Å². The van der Waals surface area contributed by atoms with E-state index in [1.165, 1.54) is 28.6 Å². The van der Waals surface area contributed by atoms with Gasteiger partial charge in [-0.05, 0) is 48.7 Å². The third-order valence-electron chi connectivity index (χ3n) is 5.30. The number of amides is 1. The van der Waals surface area contributed by atoms with E-state index in [1.807, 2.05) is 37.3 Å². The van der Waals surface area contributed by atoms with Crippen LogP contribution in [0.5, 0.6) is 0 Å². The van der Waals surface area contributed by atoms with Crippen LogP contribution >= 0.6 is 0 Å². The fourth-order valence-corrected chi connectivity index (χ4v) is 4.95. The average molecular weight is 481 g/mol. The Morgan fingerprint density at radius 3 is 2.24 bits per heavy atom. The minimum Gasteiger partial charge on any atom is -0.452 e. The number of carbonyl (C=O) groups is 2. The van der Waals surface area contributed by atoms with Crippen LogP contribution in [0.4, 0.5) is 5.69 Å². The monoisotopic (exact) mass is 480 g/mol. The van der Waals surface area contributed by atoms with E-state index in [0.29, 0.717) is 12.2 Å². The molecule has 0 aromatic heterocycles. The van der Waals surface area contributed by atoms with Gasteiger partial charge in [-0.2, -0.15) is 0 Å². The predicted molar refractivity (Wildman–Crippen MR) is 131 cm³/mol. The Morgan fingerprint density at radius 1 is 0.941 bits per heavy atom. The van der Waals surface area contributed by atoms with Gasteiger partial charge in [0.25, 0.3) is 15.9 Å². The molecule has 3 aromatic rings. The molecule has 0 bridgehead atoms. The topological polar surface area (TPSA) is 92.8 Å². The summed E-state index contributed by atoms with van der Waals surface area (Å²) in [5.41, 5.74) is 1.67. The number of ether oxygens (including phenoxy) is 1. The molecule has 0 spiro atoms. The van der Waals surface area contributed by atoms with Crippen LogP contribution in [0.25, 0.3) is 0 Å². The Hall–Kier alpha value is -3.65. The first-order valence-corrected chi connectivity index (χ1v) is 12.4. The number of hydrogen-bond acceptors (Lipinski definition) is 5. The number of benzene rings is 3. The smallest absolute Gasteiger partial charge is 0.338 e. The van der Waals surface area contributed by atoms with Crippen molar-refractivity contribution in [2.45, 2.75) is 24.7 Å². The fraction of sp³-hybridized carbons (Fsp3) is 0.231. The molecule has 0 aliphatic rings. The molecule has 0 saturated carbocycles. The van der Waals surface area contributed by atoms with Gasteiger partial charge in [0.15, 0.2) is 6.61 Å². The first kappa shape index (κ1) is 25.0. The molecule has 7 nitrogen and oxygen atoms in total. The summed E-state index contributed by atoms with van der Waals surface area (Å²) in [5, 5.41) is 2.75. The fourth-order valence-electron chi connectivity index (χ4n) is 3.43. The average Bonchev–Trinajstić information content (AvgIpc) is 2.87. The number of nitrogens with one attached hydrogen (secondary N) is 1. The summed E-state index contributed by atoms with van der Waals surface area (Å²) in [6, 6.07) is 24.1. The molecule has 0 radical (unpaired) electrons. The minimum absolute atomic E-state index is 0.0335. The van der Waals surface area contributed by atoms with Gasteiger partial charge in [-0.1, -0.05) is 61.5 Å². The molecular formula is C26H28N2O5S. The number of sulfonamides is 1. The zero-order chi connectivity index (χ0) is 24.6. The molecule has 1 N–H and O–H groups in total. The number of carbonyl (C=O) groups excluding carboxylic acids is 2. The summed E-state index contributed by atoms with van der Waals surface area (Å²) in [6.45, 7) is 3.90. The number of hydrogen-bond donors (Lipinski definition) is 1. The maximum Gasteiger partial charge on any atom is 0.338 e. The van der Waals surface area contributed by atoms with Crippen molar-refractivity contribution in [3.05, 3.63) is 96.1 Å². The molecule has 3 rings (SSSR count). The molecule has 0 saturated heterocycles. The lowest BCUT2D eigenvalue weighted by atomic mass is 10.0. The first-order valence-electron chi connectivity index (χ1n) is 11.0. The lowest BCUT2D eigenvalue weighted by Gasteiger charge is -2.23. The van der Waals surface area contributed by atoms with Gasteiger partial charge >= 0.3 is 5.97 Å². The molecule has 1 unspecified atom stereocenters. The molecular weight excluding hydrogens is 452 g/mol. The second-order valence-corrected chi connectivity index (χ2v) is 9.59. The highest BCUT2D eigenvalue weighted by Crippen LogP contribution is 2.24. The van der Waals surface area contributed by atoms with Crippen molar-refractivity contribution in [1.82, 2.24) is 5.32 Å². The van der Waals surface area contributed by atoms with E-state index in [9.17, 15) is 18.0 Å². The zero-order valence-electron chi connectivity index (χ0n) is 19.2. The van der Waals surface area contributed by atoms with Crippen LogP contribution in [-0.4, -0.2) is 40.0 Å². The molecule has 178 valence electrons. The molecule has 34 heavy (non-hydrogen) atoms. The molecule has 1 atom stereocenters. The van der Waals surface area contributed by atoms with Gasteiger partial charge in [0, 0.05) is 13.1 Å². The zero-order valence-corrected chi connectivity index (χ0v) is 20.0. The third kappa shape index (κ3) is 6.23. The lowest BCUT2D eigenvalue weighted by Crippen LogP contribution is -2.32. The summed E-state index contributed by atoms with van der Waals surface area (Å²) >= 11 is 0. The molecule has 3 aromatic carbocycles. The molecule has 0 aliphatic carbocycles. The first-order chi connectivity index (χ1) is 16.3. The quantitative estimate of drug-likeness (QED) is 0.443. The second kappa shape index (κ2) is 11.5. The summed E-state index contributed by atoms with van der Waals surface area (Å²) in [5.74, 6) is -1.10. The molecule has 0 aliphatic heterocycles. The third-order valence-corrected chi connectivity index (χ3v) is 7.20. The Labute approximate surface area is 200 Å². The summed E-state index contributed by atoms with van der Waals surface area (Å²) in [7, 11) is -3.89. The van der Waals surface area contributed by atoms with Gasteiger partial charge in [0.1, 0.15) is 0 Å². The summed E-state index contributed by atoms with van der Waals surface area (Å²) in [6.07, 6.45) is 0. The largest absolute Gasteiger partial charge is 0.452 e. The Bertz CT molecular complexity index is 1210. The van der Waals surface area contributed by atoms with Crippen LogP contribution in [0.3, 0.4) is 0 Å². The van der Waals surface area contributed by atoms with Crippen molar-refractivity contribution < 1.29 is 22.7 Å². The molecule has 0 fully saturated rings. The minimum atomic E-state index is -3.89. The summed E-state index contributed by atoms with van der Waals surface area (Å²) < 4.78 is 32.7. The number of anilines is 1. The Morgan fingerprint density at radius 2 is 1.59 bits per heavy atom. The SMILES string of the molecule is CCN(c1ccccc1)S(=O)(=O)c1cccc(C(=O)OCC(=O)NCC(C)c2ccccc2)c1. The van der Waals surface area contributed by atoms with E-state index in [0.717, 1.165) is 5.56 Å². The highest BCUT2D eigenvalue weighted by Gasteiger charge is 2.24. The summed E-state index contributed by atoms with van der Waals surface area (Å²) in [4.78, 5) is 24.6. The van der Waals surface area contributed by atoms with Gasteiger partial charge in [0.2, 0.25) is 0 Å². The molecule has 1 amide bonds. The van der Waals surface area contributed by atoms with Crippen LogP contribution in [-0.2, 0) is 19.6 Å². The van der Waals surface area contributed by atoms with Crippen molar-refractivity contribution in [3.63, 3.8) is 0 Å². The van der Waals surface area contributed by atoms with Crippen molar-refractivity contribution in [1.29, 1.82) is 0 Å². The van der Waals surface area contributed by atoms with Crippen LogP contribution in [0.1, 0.15) is 35.7 Å². The van der Waals surface area contributed by atoms with Crippen LogP contribution in [0.2, 0.25) is 0 Å². The van der Waals surface area contributed by atoms with E-state index >= 15 is 0 Å². The van der Waals surface area contributed by atoms with Gasteiger partial charge in [-0.25, -0.2) is 13.2 Å². The highest BCUT2D eigenvalue weighted by molar-refractivity contribution is 7.92. The lowest BCUT2D eigenvalue weighted by molar-refractivity contribution is -0.124. The van der Waals surface area contributed by atoms with E-state index in [1.54, 1.807) is 37.3 Å². The molecule has 0 heterocycles. The maximum atomic E-state index is 13.2. The van der Waals surface area contributed by atoms with Gasteiger partial charge in [-0.3, -0.25) is 9.10 Å². The van der Waals surface area contributed by atoms with Crippen LogP contribution < -0.4 is 9.62 Å². The normalized spacial score (nSPS) is 11.9. The second-order valence-electron chi connectivity index (χ2n) is 7.73. The number of nitrogens with zero attached hydrogens (tertiary/aromatic N) is 1. The van der Waals surface area contributed by atoms with Crippen LogP contribution in [0, 0.1) is 0 Å². The standard InChI is InChI=1S/C26H28N2O5S/c1-3-28(23-14-8-5-9-15-23)34(31,32)24-16-10-13-22(17-24)26(30)33-19-25(29)27-18-20(2)21-11-6-4-7-12-21/h4-17,20H,3,18-19H2,1-2H3,(H,27,29). The van der Waals surface area contributed by atoms with E-state index in [4.69, 9.17) is 4.74 Å². The van der Waals surface area contributed by atoms with Gasteiger partial charge in [0.05, 0.1) is 16.1 Å². The van der Waals surface area contributed by atoms with E-state index < -0.39 is 28.5 Å². The van der Waals surface area contributed by atoms with E-state index in [2.05, 4.69) is 5.32 Å². The number of esters is 1. The predicted octanol–water partition coefficient (Wildman–Crippen LogP) is 3.98. The Kier molecular flexibility index (Phi) is 8.43. The maximum absolute atomic E-state index is 13.2. The van der Waals surface area contributed by atoms with Crippen molar-refractivity contribution >= 4 is 27.6 Å². The van der Waals surface area contributed by atoms with Gasteiger partial charge in [-0.15, -0.1) is 0 Å². The highest BCUT2D eigenvalue weighted by atomic mass is 32.2. The van der Waals surface area contributed by atoms with Crippen molar-refractivity contribution in [2.24, 2.45) is 0 Å². The Balaban J connectivity index is 1.61. The number of rotatable bonds is 10. The van der Waals surface area contributed by atoms with Gasteiger partial charge < -0.3 is 10.1 Å².